The molecule has 1 aromatic heterocycles. The van der Waals surface area contributed by atoms with Crippen molar-refractivity contribution in [2.45, 2.75) is 26.6 Å². The van der Waals surface area contributed by atoms with Gasteiger partial charge in [0, 0.05) is 17.1 Å². The molecule has 3 aromatic rings. The molecule has 160 valence electrons. The van der Waals surface area contributed by atoms with E-state index in [9.17, 15) is 23.1 Å². The molecule has 0 amide bonds. The molecule has 0 bridgehead atoms. The fraction of sp³-hybridized carbons (Fsp3) is 0.286. The Kier molecular flexibility index (Phi) is 6.36. The minimum Gasteiger partial charge on any atom is -0.507 e. The van der Waals surface area contributed by atoms with Gasteiger partial charge in [0.2, 0.25) is 11.2 Å². The molecule has 0 saturated heterocycles. The van der Waals surface area contributed by atoms with Crippen molar-refractivity contribution in [1.82, 2.24) is 4.90 Å². The highest BCUT2D eigenvalue weighted by molar-refractivity contribution is 6.36. The van der Waals surface area contributed by atoms with Crippen molar-refractivity contribution in [3.8, 4) is 16.9 Å². The summed E-state index contributed by atoms with van der Waals surface area (Å²) in [5.74, 6) is -1.72. The second-order valence-corrected chi connectivity index (χ2v) is 7.50. The molecule has 1 N–H and O–H groups in total. The molecule has 0 unspecified atom stereocenters. The molecule has 30 heavy (non-hydrogen) atoms. The average molecular weight is 460 g/mol. The van der Waals surface area contributed by atoms with Crippen LogP contribution < -0.4 is 5.43 Å². The molecular weight excluding hydrogens is 442 g/mol. The molecule has 9 heteroatoms. The quantitative estimate of drug-likeness (QED) is 0.483. The standard InChI is InChI=1S/C21H18Cl2F3NO3/c1-3-27(4-2)10-14-16(28)8-7-13-18(29)17(12-6-5-11(22)9-15(12)23)20(21(24,25)26)30-19(13)14/h5-9,28H,3-4,10H2,1-2H3. The molecule has 0 fully saturated rings. The average Bonchev–Trinajstić information content (AvgIpc) is 2.67. The number of nitrogens with zero attached hydrogens (tertiary/aromatic N) is 1. The maximum absolute atomic E-state index is 13.9. The van der Waals surface area contributed by atoms with Gasteiger partial charge in [0.25, 0.3) is 0 Å². The van der Waals surface area contributed by atoms with Crippen LogP contribution in [0.1, 0.15) is 25.2 Å². The van der Waals surface area contributed by atoms with E-state index in [1.165, 1.54) is 30.3 Å². The van der Waals surface area contributed by atoms with Gasteiger partial charge >= 0.3 is 6.18 Å². The van der Waals surface area contributed by atoms with Crippen LogP contribution in [0.25, 0.3) is 22.1 Å². The van der Waals surface area contributed by atoms with E-state index in [2.05, 4.69) is 0 Å². The highest BCUT2D eigenvalue weighted by atomic mass is 35.5. The van der Waals surface area contributed by atoms with E-state index in [0.29, 0.717) is 13.1 Å². The minimum absolute atomic E-state index is 0.0797. The van der Waals surface area contributed by atoms with E-state index in [-0.39, 0.29) is 44.4 Å². The number of aromatic hydroxyl groups is 1. The Morgan fingerprint density at radius 1 is 1.10 bits per heavy atom. The van der Waals surface area contributed by atoms with E-state index in [4.69, 9.17) is 27.6 Å². The van der Waals surface area contributed by atoms with E-state index in [1.807, 2.05) is 18.7 Å². The summed E-state index contributed by atoms with van der Waals surface area (Å²) in [6.45, 7) is 5.08. The molecule has 0 saturated carbocycles. The Morgan fingerprint density at radius 3 is 2.33 bits per heavy atom. The lowest BCUT2D eigenvalue weighted by molar-refractivity contribution is -0.152. The first-order valence-corrected chi connectivity index (χ1v) is 9.90. The fourth-order valence-corrected chi connectivity index (χ4v) is 3.77. The number of halogens is 5. The van der Waals surface area contributed by atoms with Gasteiger partial charge in [-0.2, -0.15) is 13.2 Å². The van der Waals surface area contributed by atoms with Crippen LogP contribution in [-0.2, 0) is 12.7 Å². The summed E-state index contributed by atoms with van der Waals surface area (Å²) in [5.41, 5.74) is -1.91. The van der Waals surface area contributed by atoms with Crippen molar-refractivity contribution in [2.24, 2.45) is 0 Å². The SMILES string of the molecule is CCN(CC)Cc1c(O)ccc2c(=O)c(-c3ccc(Cl)cc3Cl)c(C(F)(F)F)oc12. The molecule has 0 aliphatic carbocycles. The summed E-state index contributed by atoms with van der Waals surface area (Å²) in [4.78, 5) is 15.1. The third kappa shape index (κ3) is 4.15. The normalized spacial score (nSPS) is 12.1. The van der Waals surface area contributed by atoms with Gasteiger partial charge in [-0.3, -0.25) is 9.69 Å². The zero-order valence-corrected chi connectivity index (χ0v) is 17.6. The molecule has 4 nitrogen and oxygen atoms in total. The van der Waals surface area contributed by atoms with Crippen molar-refractivity contribution < 1.29 is 22.7 Å². The van der Waals surface area contributed by atoms with Gasteiger partial charge in [-0.05, 0) is 37.4 Å². The van der Waals surface area contributed by atoms with E-state index in [0.717, 1.165) is 0 Å². The maximum Gasteiger partial charge on any atom is 0.450 e. The molecule has 0 aliphatic heterocycles. The van der Waals surface area contributed by atoms with Gasteiger partial charge in [-0.25, -0.2) is 0 Å². The lowest BCUT2D eigenvalue weighted by Gasteiger charge is -2.20. The van der Waals surface area contributed by atoms with Crippen LogP contribution in [0, 0.1) is 0 Å². The molecule has 2 aromatic carbocycles. The predicted molar refractivity (Wildman–Crippen MR) is 111 cm³/mol. The van der Waals surface area contributed by atoms with E-state index < -0.39 is 22.9 Å². The molecule has 0 radical (unpaired) electrons. The van der Waals surface area contributed by atoms with Crippen molar-refractivity contribution in [3.05, 3.63) is 61.9 Å². The van der Waals surface area contributed by atoms with E-state index in [1.54, 1.807) is 0 Å². The first kappa shape index (κ1) is 22.5. The van der Waals surface area contributed by atoms with Gasteiger partial charge in [0.1, 0.15) is 11.3 Å². The van der Waals surface area contributed by atoms with Gasteiger partial charge in [-0.15, -0.1) is 0 Å². The molecule has 0 atom stereocenters. The number of phenols is 1. The minimum atomic E-state index is -4.97. The predicted octanol–water partition coefficient (Wildman–Crippen LogP) is 6.33. The van der Waals surface area contributed by atoms with Gasteiger partial charge < -0.3 is 9.52 Å². The number of phenolic OH excluding ortho intramolecular Hbond substituents is 1. The largest absolute Gasteiger partial charge is 0.507 e. The van der Waals surface area contributed by atoms with Crippen LogP contribution in [0.2, 0.25) is 10.0 Å². The Bertz CT molecular complexity index is 1150. The Labute approximate surface area is 180 Å². The summed E-state index contributed by atoms with van der Waals surface area (Å²) < 4.78 is 47.0. The molecule has 0 aliphatic rings. The van der Waals surface area contributed by atoms with Crippen LogP contribution in [0.4, 0.5) is 13.2 Å². The number of hydrogen-bond acceptors (Lipinski definition) is 4. The molecule has 1 heterocycles. The number of fused-ring (bicyclic) bond motifs is 1. The second-order valence-electron chi connectivity index (χ2n) is 6.66. The van der Waals surface area contributed by atoms with Gasteiger partial charge in [0.15, 0.2) is 0 Å². The monoisotopic (exact) mass is 459 g/mol. The lowest BCUT2D eigenvalue weighted by atomic mass is 10.00. The van der Waals surface area contributed by atoms with E-state index >= 15 is 0 Å². The Morgan fingerprint density at radius 2 is 1.77 bits per heavy atom. The summed E-state index contributed by atoms with van der Waals surface area (Å²) in [5, 5.41) is 10.3. The second kappa shape index (κ2) is 8.49. The topological polar surface area (TPSA) is 53.7 Å². The van der Waals surface area contributed by atoms with Crippen LogP contribution in [0.15, 0.2) is 39.5 Å². The van der Waals surface area contributed by atoms with Crippen LogP contribution in [-0.4, -0.2) is 23.1 Å². The van der Waals surface area contributed by atoms with Crippen molar-refractivity contribution >= 4 is 34.2 Å². The summed E-state index contributed by atoms with van der Waals surface area (Å²) >= 11 is 11.9. The Balaban J connectivity index is 2.41. The summed E-state index contributed by atoms with van der Waals surface area (Å²) in [6, 6.07) is 6.36. The molecule has 0 spiro atoms. The lowest BCUT2D eigenvalue weighted by Crippen LogP contribution is -2.23. The first-order valence-electron chi connectivity index (χ1n) is 9.15. The Hall–Kier alpha value is -2.22. The van der Waals surface area contributed by atoms with Crippen molar-refractivity contribution in [3.63, 3.8) is 0 Å². The highest BCUT2D eigenvalue weighted by Gasteiger charge is 2.40. The van der Waals surface area contributed by atoms with Crippen molar-refractivity contribution in [2.75, 3.05) is 13.1 Å². The number of benzene rings is 2. The van der Waals surface area contributed by atoms with Crippen molar-refractivity contribution in [1.29, 1.82) is 0 Å². The summed E-state index contributed by atoms with van der Waals surface area (Å²) in [7, 11) is 0. The fourth-order valence-electron chi connectivity index (χ4n) is 3.26. The zero-order chi connectivity index (χ0) is 22.2. The number of rotatable bonds is 5. The zero-order valence-electron chi connectivity index (χ0n) is 16.1. The highest BCUT2D eigenvalue weighted by Crippen LogP contribution is 2.41. The van der Waals surface area contributed by atoms with Crippen LogP contribution in [0.3, 0.4) is 0 Å². The number of alkyl halides is 3. The van der Waals surface area contributed by atoms with Gasteiger partial charge in [0.05, 0.1) is 21.5 Å². The maximum atomic E-state index is 13.9. The third-order valence-electron chi connectivity index (χ3n) is 4.87. The third-order valence-corrected chi connectivity index (χ3v) is 5.42. The van der Waals surface area contributed by atoms with Crippen LogP contribution in [0.5, 0.6) is 5.75 Å². The first-order chi connectivity index (χ1) is 14.1. The molecule has 3 rings (SSSR count). The summed E-state index contributed by atoms with van der Waals surface area (Å²) in [6.07, 6.45) is -4.97. The van der Waals surface area contributed by atoms with Gasteiger partial charge in [-0.1, -0.05) is 43.1 Å². The smallest absolute Gasteiger partial charge is 0.450 e. The number of hydrogen-bond donors (Lipinski definition) is 1. The molecular formula is C21H18Cl2F3NO3. The van der Waals surface area contributed by atoms with Crippen LogP contribution >= 0.6 is 23.2 Å².